The number of hydrogen-bond donors (Lipinski definition) is 3. The monoisotopic (exact) mass is 240 g/mol. The second kappa shape index (κ2) is 6.36. The Morgan fingerprint density at radius 2 is 1.94 bits per heavy atom. The molecule has 1 aliphatic heterocycles. The number of carbonyl (C=O) groups excluding carboxylic acids is 1. The molecule has 2 unspecified atom stereocenters. The Kier molecular flexibility index (Phi) is 4.80. The predicted octanol–water partition coefficient (Wildman–Crippen LogP) is 0.796. The van der Waals surface area contributed by atoms with E-state index in [4.69, 9.17) is 0 Å². The van der Waals surface area contributed by atoms with Crippen LogP contribution in [0.15, 0.2) is 0 Å². The molecule has 2 rings (SSSR count). The van der Waals surface area contributed by atoms with Gasteiger partial charge < -0.3 is 15.7 Å². The van der Waals surface area contributed by atoms with Gasteiger partial charge in [-0.1, -0.05) is 19.3 Å². The molecule has 2 aliphatic rings. The van der Waals surface area contributed by atoms with E-state index in [1.54, 1.807) is 0 Å². The smallest absolute Gasteiger partial charge is 0.224 e. The maximum absolute atomic E-state index is 12.1. The average Bonchev–Trinajstić information content (AvgIpc) is 2.56. The van der Waals surface area contributed by atoms with Gasteiger partial charge in [-0.3, -0.25) is 4.79 Å². The van der Waals surface area contributed by atoms with E-state index in [1.807, 2.05) is 0 Å². The highest BCUT2D eigenvalue weighted by atomic mass is 16.3. The zero-order valence-corrected chi connectivity index (χ0v) is 10.5. The number of rotatable bonds is 2. The molecular formula is C13H24N2O2. The molecule has 2 fully saturated rings. The summed E-state index contributed by atoms with van der Waals surface area (Å²) in [4.78, 5) is 12.1. The molecule has 0 aromatic carbocycles. The second-order valence-electron chi connectivity index (χ2n) is 5.36. The summed E-state index contributed by atoms with van der Waals surface area (Å²) in [6.45, 7) is 1.81. The third-order valence-corrected chi connectivity index (χ3v) is 3.97. The van der Waals surface area contributed by atoms with Crippen LogP contribution in [0.5, 0.6) is 0 Å². The fourth-order valence-electron chi connectivity index (χ4n) is 2.83. The Hall–Kier alpha value is -0.610. The molecule has 0 spiro atoms. The van der Waals surface area contributed by atoms with Crippen molar-refractivity contribution in [1.82, 2.24) is 10.6 Å². The number of amides is 1. The van der Waals surface area contributed by atoms with E-state index in [2.05, 4.69) is 10.6 Å². The first-order valence-electron chi connectivity index (χ1n) is 6.96. The number of carbonyl (C=O) groups is 1. The van der Waals surface area contributed by atoms with Gasteiger partial charge in [0, 0.05) is 6.54 Å². The van der Waals surface area contributed by atoms with Gasteiger partial charge in [-0.05, 0) is 32.2 Å². The Labute approximate surface area is 103 Å². The molecule has 0 radical (unpaired) electrons. The lowest BCUT2D eigenvalue weighted by Gasteiger charge is -2.27. The van der Waals surface area contributed by atoms with Gasteiger partial charge in [0.25, 0.3) is 0 Å². The lowest BCUT2D eigenvalue weighted by Crippen LogP contribution is -2.48. The maximum Gasteiger partial charge on any atom is 0.224 e. The lowest BCUT2D eigenvalue weighted by atomic mass is 9.97. The van der Waals surface area contributed by atoms with Crippen LogP contribution in [0.4, 0.5) is 0 Å². The van der Waals surface area contributed by atoms with Crippen molar-refractivity contribution >= 4 is 5.91 Å². The number of hydrogen-bond acceptors (Lipinski definition) is 3. The van der Waals surface area contributed by atoms with Crippen LogP contribution in [0, 0.1) is 5.92 Å². The number of aliphatic hydroxyl groups is 1. The molecule has 0 aromatic heterocycles. The molecule has 1 aliphatic carbocycles. The van der Waals surface area contributed by atoms with E-state index in [1.165, 1.54) is 6.42 Å². The molecule has 1 heterocycles. The van der Waals surface area contributed by atoms with Gasteiger partial charge in [-0.25, -0.2) is 0 Å². The SMILES string of the molecule is O=C(NC1CCCCCC1O)[C@@H]1CCCNC1. The summed E-state index contributed by atoms with van der Waals surface area (Å²) in [7, 11) is 0. The molecule has 3 N–H and O–H groups in total. The summed E-state index contributed by atoms with van der Waals surface area (Å²) in [6, 6.07) is -0.0214. The van der Waals surface area contributed by atoms with Crippen LogP contribution >= 0.6 is 0 Å². The lowest BCUT2D eigenvalue weighted by molar-refractivity contribution is -0.127. The van der Waals surface area contributed by atoms with E-state index in [-0.39, 0.29) is 24.0 Å². The molecule has 1 saturated carbocycles. The van der Waals surface area contributed by atoms with Crippen molar-refractivity contribution < 1.29 is 9.90 Å². The minimum absolute atomic E-state index is 0.0214. The van der Waals surface area contributed by atoms with Crippen LogP contribution in [0.3, 0.4) is 0 Å². The molecule has 17 heavy (non-hydrogen) atoms. The van der Waals surface area contributed by atoms with Crippen molar-refractivity contribution in [2.24, 2.45) is 5.92 Å². The Morgan fingerprint density at radius 1 is 1.12 bits per heavy atom. The maximum atomic E-state index is 12.1. The topological polar surface area (TPSA) is 61.4 Å². The Balaban J connectivity index is 1.83. The van der Waals surface area contributed by atoms with Gasteiger partial charge in [0.2, 0.25) is 5.91 Å². The molecule has 4 heteroatoms. The van der Waals surface area contributed by atoms with E-state index in [0.29, 0.717) is 0 Å². The minimum atomic E-state index is -0.349. The summed E-state index contributed by atoms with van der Waals surface area (Å²) in [6.07, 6.45) is 6.82. The van der Waals surface area contributed by atoms with Crippen LogP contribution in [0.25, 0.3) is 0 Å². The molecule has 1 amide bonds. The zero-order valence-electron chi connectivity index (χ0n) is 10.5. The van der Waals surface area contributed by atoms with Crippen LogP contribution in [-0.4, -0.2) is 36.2 Å². The van der Waals surface area contributed by atoms with Crippen LogP contribution in [-0.2, 0) is 4.79 Å². The van der Waals surface area contributed by atoms with E-state index in [9.17, 15) is 9.90 Å². The van der Waals surface area contributed by atoms with Crippen molar-refractivity contribution in [3.8, 4) is 0 Å². The van der Waals surface area contributed by atoms with Crippen molar-refractivity contribution in [2.45, 2.75) is 57.1 Å². The zero-order chi connectivity index (χ0) is 12.1. The summed E-state index contributed by atoms with van der Waals surface area (Å²) in [5.41, 5.74) is 0. The largest absolute Gasteiger partial charge is 0.391 e. The first kappa shape index (κ1) is 12.8. The summed E-state index contributed by atoms with van der Waals surface area (Å²) in [5, 5.41) is 16.3. The van der Waals surface area contributed by atoms with Gasteiger partial charge in [0.05, 0.1) is 18.1 Å². The van der Waals surface area contributed by atoms with Crippen LogP contribution in [0.1, 0.15) is 44.9 Å². The number of aliphatic hydroxyl groups excluding tert-OH is 1. The van der Waals surface area contributed by atoms with Crippen LogP contribution in [0.2, 0.25) is 0 Å². The quantitative estimate of drug-likeness (QED) is 0.626. The van der Waals surface area contributed by atoms with Gasteiger partial charge in [0.1, 0.15) is 0 Å². The molecule has 0 aromatic rings. The molecule has 1 saturated heterocycles. The van der Waals surface area contributed by atoms with E-state index in [0.717, 1.165) is 51.6 Å². The van der Waals surface area contributed by atoms with Crippen molar-refractivity contribution in [3.63, 3.8) is 0 Å². The van der Waals surface area contributed by atoms with Crippen LogP contribution < -0.4 is 10.6 Å². The second-order valence-corrected chi connectivity index (χ2v) is 5.36. The van der Waals surface area contributed by atoms with Gasteiger partial charge in [-0.2, -0.15) is 0 Å². The average molecular weight is 240 g/mol. The fourth-order valence-corrected chi connectivity index (χ4v) is 2.83. The molecule has 3 atom stereocenters. The first-order chi connectivity index (χ1) is 8.27. The standard InChI is InChI=1S/C13H24N2O2/c16-12-7-3-1-2-6-11(12)15-13(17)10-5-4-8-14-9-10/h10-12,14,16H,1-9H2,(H,15,17)/t10-,11?,12?/m1/s1. The summed E-state index contributed by atoms with van der Waals surface area (Å²) < 4.78 is 0. The van der Waals surface area contributed by atoms with Gasteiger partial charge >= 0.3 is 0 Å². The Bertz CT molecular complexity index is 252. The fraction of sp³-hybridized carbons (Fsp3) is 0.923. The summed E-state index contributed by atoms with van der Waals surface area (Å²) in [5.74, 6) is 0.224. The highest BCUT2D eigenvalue weighted by Crippen LogP contribution is 2.19. The molecule has 4 nitrogen and oxygen atoms in total. The van der Waals surface area contributed by atoms with Crippen molar-refractivity contribution in [1.29, 1.82) is 0 Å². The van der Waals surface area contributed by atoms with Gasteiger partial charge in [-0.15, -0.1) is 0 Å². The van der Waals surface area contributed by atoms with Crippen molar-refractivity contribution in [2.75, 3.05) is 13.1 Å². The number of piperidine rings is 1. The predicted molar refractivity (Wildman–Crippen MR) is 66.6 cm³/mol. The normalized spacial score (nSPS) is 35.0. The molecule has 0 bridgehead atoms. The highest BCUT2D eigenvalue weighted by Gasteiger charge is 2.27. The highest BCUT2D eigenvalue weighted by molar-refractivity contribution is 5.79. The third kappa shape index (κ3) is 3.68. The Morgan fingerprint density at radius 3 is 2.71 bits per heavy atom. The van der Waals surface area contributed by atoms with Gasteiger partial charge in [0.15, 0.2) is 0 Å². The number of nitrogens with one attached hydrogen (secondary N) is 2. The first-order valence-corrected chi connectivity index (χ1v) is 6.96. The molecular weight excluding hydrogens is 216 g/mol. The van der Waals surface area contributed by atoms with E-state index >= 15 is 0 Å². The van der Waals surface area contributed by atoms with Crippen molar-refractivity contribution in [3.05, 3.63) is 0 Å². The third-order valence-electron chi connectivity index (χ3n) is 3.97. The minimum Gasteiger partial charge on any atom is -0.391 e. The van der Waals surface area contributed by atoms with E-state index < -0.39 is 0 Å². The molecule has 98 valence electrons. The summed E-state index contributed by atoms with van der Waals surface area (Å²) >= 11 is 0.